The van der Waals surface area contributed by atoms with Crippen molar-refractivity contribution in [1.82, 2.24) is 9.47 Å². The van der Waals surface area contributed by atoms with Gasteiger partial charge in [0.15, 0.2) is 0 Å². The first-order chi connectivity index (χ1) is 20.9. The van der Waals surface area contributed by atoms with Crippen LogP contribution in [-0.2, 0) is 19.6 Å². The van der Waals surface area contributed by atoms with Crippen LogP contribution in [0.15, 0.2) is 109 Å². The molecule has 0 saturated carbocycles. The average molecular weight is 571 g/mol. The first-order valence-electron chi connectivity index (χ1n) is 14.3. The highest BCUT2D eigenvalue weighted by molar-refractivity contribution is 6.11. The maximum atomic E-state index is 14.2. The molecule has 2 heterocycles. The number of hydrogen-bond donors (Lipinski definition) is 1. The third-order valence-electron chi connectivity index (χ3n) is 7.76. The van der Waals surface area contributed by atoms with E-state index >= 15 is 0 Å². The second-order valence-electron chi connectivity index (χ2n) is 10.9. The zero-order chi connectivity index (χ0) is 29.9. The lowest BCUT2D eigenvalue weighted by atomic mass is 9.99. The van der Waals surface area contributed by atoms with Crippen LogP contribution in [0, 0.1) is 0 Å². The number of anilines is 2. The number of aromatic nitrogens is 1. The van der Waals surface area contributed by atoms with Crippen LogP contribution in [-0.4, -0.2) is 42.5 Å². The molecule has 1 N–H and O–H groups in total. The predicted octanol–water partition coefficient (Wildman–Crippen LogP) is 6.69. The van der Waals surface area contributed by atoms with Gasteiger partial charge in [0, 0.05) is 47.5 Å². The molecule has 7 nitrogen and oxygen atoms in total. The normalized spacial score (nSPS) is 12.3. The van der Waals surface area contributed by atoms with Crippen molar-refractivity contribution in [3.63, 3.8) is 0 Å². The van der Waals surface area contributed by atoms with E-state index in [1.807, 2.05) is 77.7 Å². The lowest BCUT2D eigenvalue weighted by molar-refractivity contribution is 0.0981. The Balaban J connectivity index is 1.29. The molecule has 0 aliphatic carbocycles. The van der Waals surface area contributed by atoms with Gasteiger partial charge in [-0.15, -0.1) is 0 Å². The van der Waals surface area contributed by atoms with Crippen molar-refractivity contribution in [2.24, 2.45) is 0 Å². The molecule has 0 atom stereocenters. The Bertz CT molecular complexity index is 1790. The number of nitrogens with one attached hydrogen (secondary N) is 1. The van der Waals surface area contributed by atoms with Gasteiger partial charge in [-0.1, -0.05) is 66.7 Å². The minimum Gasteiger partial charge on any atom is -0.496 e. The smallest absolute Gasteiger partial charge is 0.262 e. The number of hydrogen-bond acceptors (Lipinski definition) is 4. The van der Waals surface area contributed by atoms with Crippen molar-refractivity contribution in [3.05, 3.63) is 137 Å². The van der Waals surface area contributed by atoms with Crippen molar-refractivity contribution < 1.29 is 14.3 Å². The quantitative estimate of drug-likeness (QED) is 0.237. The van der Waals surface area contributed by atoms with Gasteiger partial charge in [-0.3, -0.25) is 9.59 Å². The minimum atomic E-state index is -0.240. The fourth-order valence-corrected chi connectivity index (χ4v) is 5.71. The fourth-order valence-electron chi connectivity index (χ4n) is 5.71. The van der Waals surface area contributed by atoms with Crippen LogP contribution in [0.5, 0.6) is 5.75 Å². The number of carbonyl (C=O) groups excluding carboxylic acids is 2. The SMILES string of the molecule is COc1cc(NC(=O)c2ccccc2-c2ccccc2)ccc1C(=O)N1Cc2ccc(CN(C)C)n2Cc2ccccc21. The molecule has 1 aliphatic rings. The van der Waals surface area contributed by atoms with Crippen LogP contribution in [0.3, 0.4) is 0 Å². The molecule has 5 aromatic rings. The van der Waals surface area contributed by atoms with Gasteiger partial charge < -0.3 is 24.4 Å². The number of methoxy groups -OCH3 is 1. The summed E-state index contributed by atoms with van der Waals surface area (Å²) in [5.41, 5.74) is 7.56. The van der Waals surface area contributed by atoms with Gasteiger partial charge in [0.05, 0.1) is 19.2 Å². The predicted molar refractivity (Wildman–Crippen MR) is 171 cm³/mol. The van der Waals surface area contributed by atoms with Crippen molar-refractivity contribution in [3.8, 4) is 16.9 Å². The number of nitrogens with zero attached hydrogens (tertiary/aromatic N) is 3. The highest BCUT2D eigenvalue weighted by Crippen LogP contribution is 2.33. The van der Waals surface area contributed by atoms with Crippen LogP contribution in [0.2, 0.25) is 0 Å². The Morgan fingerprint density at radius 3 is 2.35 bits per heavy atom. The minimum absolute atomic E-state index is 0.166. The molecule has 4 aromatic carbocycles. The molecule has 0 radical (unpaired) electrons. The number of benzene rings is 4. The number of ether oxygens (including phenoxy) is 1. The van der Waals surface area contributed by atoms with E-state index in [4.69, 9.17) is 4.74 Å². The van der Waals surface area contributed by atoms with E-state index in [1.165, 1.54) is 12.8 Å². The van der Waals surface area contributed by atoms with E-state index < -0.39 is 0 Å². The maximum absolute atomic E-state index is 14.2. The number of para-hydroxylation sites is 1. The number of amides is 2. The topological polar surface area (TPSA) is 66.8 Å². The number of carbonyl (C=O) groups is 2. The molecule has 0 bridgehead atoms. The van der Waals surface area contributed by atoms with Gasteiger partial charge in [-0.05, 0) is 67.2 Å². The summed E-state index contributed by atoms with van der Waals surface area (Å²) in [5, 5.41) is 2.99. The summed E-state index contributed by atoms with van der Waals surface area (Å²) < 4.78 is 8.01. The van der Waals surface area contributed by atoms with Crippen LogP contribution in [0.4, 0.5) is 11.4 Å². The zero-order valence-corrected chi connectivity index (χ0v) is 24.6. The van der Waals surface area contributed by atoms with Crippen molar-refractivity contribution in [2.75, 3.05) is 31.4 Å². The Morgan fingerprint density at radius 1 is 0.814 bits per heavy atom. The van der Waals surface area contributed by atoms with E-state index in [1.54, 1.807) is 18.2 Å². The van der Waals surface area contributed by atoms with E-state index in [0.717, 1.165) is 34.6 Å². The molecule has 43 heavy (non-hydrogen) atoms. The summed E-state index contributed by atoms with van der Waals surface area (Å²) >= 11 is 0. The average Bonchev–Trinajstić information content (AvgIpc) is 3.30. The van der Waals surface area contributed by atoms with E-state index in [9.17, 15) is 9.59 Å². The summed E-state index contributed by atoms with van der Waals surface area (Å²) in [4.78, 5) is 31.6. The van der Waals surface area contributed by atoms with Crippen LogP contribution >= 0.6 is 0 Å². The monoisotopic (exact) mass is 570 g/mol. The van der Waals surface area contributed by atoms with Gasteiger partial charge >= 0.3 is 0 Å². The lowest BCUT2D eigenvalue weighted by Crippen LogP contribution is -2.31. The van der Waals surface area contributed by atoms with E-state index in [0.29, 0.717) is 35.7 Å². The lowest BCUT2D eigenvalue weighted by Gasteiger charge is -2.24. The number of rotatable bonds is 7. The molecular formula is C36H34N4O3. The highest BCUT2D eigenvalue weighted by atomic mass is 16.5. The Morgan fingerprint density at radius 2 is 1.56 bits per heavy atom. The molecule has 0 spiro atoms. The van der Waals surface area contributed by atoms with Crippen molar-refractivity contribution >= 4 is 23.2 Å². The fraction of sp³-hybridized carbons (Fsp3) is 0.167. The summed E-state index contributed by atoms with van der Waals surface area (Å²) in [5.74, 6) is -0.0127. The standard InChI is InChI=1S/C36H34N4O3/c1-38(2)23-28-18-19-29-24-40(33-16-10-7-13-26(33)22-39(28)29)36(42)32-20-17-27(21-34(32)43-3)37-35(41)31-15-9-8-14-30(31)25-11-5-4-6-12-25/h4-21H,22-24H2,1-3H3,(H,37,41). The molecule has 0 saturated heterocycles. The van der Waals surface area contributed by atoms with Gasteiger partial charge in [0.25, 0.3) is 11.8 Å². The first kappa shape index (κ1) is 28.0. The highest BCUT2D eigenvalue weighted by Gasteiger charge is 2.28. The molecular weight excluding hydrogens is 536 g/mol. The van der Waals surface area contributed by atoms with Crippen LogP contribution in [0.1, 0.15) is 37.7 Å². The molecule has 2 amide bonds. The number of fused-ring (bicyclic) bond motifs is 2. The molecule has 0 unspecified atom stereocenters. The van der Waals surface area contributed by atoms with E-state index in [2.05, 4.69) is 47.1 Å². The molecule has 1 aromatic heterocycles. The van der Waals surface area contributed by atoms with Crippen LogP contribution in [0.25, 0.3) is 11.1 Å². The largest absolute Gasteiger partial charge is 0.496 e. The maximum Gasteiger partial charge on any atom is 0.262 e. The molecule has 0 fully saturated rings. The summed E-state index contributed by atoms with van der Waals surface area (Å²) in [6, 6.07) is 34.8. The summed E-state index contributed by atoms with van der Waals surface area (Å²) in [6.07, 6.45) is 0. The van der Waals surface area contributed by atoms with Gasteiger partial charge in [-0.2, -0.15) is 0 Å². The van der Waals surface area contributed by atoms with Gasteiger partial charge in [0.2, 0.25) is 0 Å². The van der Waals surface area contributed by atoms with Gasteiger partial charge in [0.1, 0.15) is 5.75 Å². The summed E-state index contributed by atoms with van der Waals surface area (Å²) in [7, 11) is 5.65. The Labute approximate surface area is 251 Å². The van der Waals surface area contributed by atoms with Gasteiger partial charge in [-0.25, -0.2) is 0 Å². The third kappa shape index (κ3) is 5.67. The second-order valence-corrected chi connectivity index (χ2v) is 10.9. The van der Waals surface area contributed by atoms with Crippen molar-refractivity contribution in [2.45, 2.75) is 19.6 Å². The Hall–Kier alpha value is -5.14. The summed E-state index contributed by atoms with van der Waals surface area (Å²) in [6.45, 7) is 1.94. The molecule has 7 heteroatoms. The van der Waals surface area contributed by atoms with Crippen molar-refractivity contribution in [1.29, 1.82) is 0 Å². The van der Waals surface area contributed by atoms with Crippen LogP contribution < -0.4 is 15.0 Å². The first-order valence-corrected chi connectivity index (χ1v) is 14.3. The Kier molecular flexibility index (Phi) is 7.81. The molecule has 1 aliphatic heterocycles. The zero-order valence-electron chi connectivity index (χ0n) is 24.6. The second kappa shape index (κ2) is 12.0. The molecule has 216 valence electrons. The third-order valence-corrected chi connectivity index (χ3v) is 7.76. The van der Waals surface area contributed by atoms with E-state index in [-0.39, 0.29) is 11.8 Å². The molecule has 6 rings (SSSR count).